The summed E-state index contributed by atoms with van der Waals surface area (Å²) in [5.41, 5.74) is 4.20. The van der Waals surface area contributed by atoms with Crippen LogP contribution in [0.2, 0.25) is 0 Å². The number of hydrogen-bond donors (Lipinski definition) is 2. The number of carbonyl (C=O) groups is 1. The van der Waals surface area contributed by atoms with E-state index < -0.39 is 0 Å². The smallest absolute Gasteiger partial charge is 0.272 e. The van der Waals surface area contributed by atoms with Crippen LogP contribution in [0.25, 0.3) is 10.9 Å². The van der Waals surface area contributed by atoms with Crippen molar-refractivity contribution in [3.05, 3.63) is 53.2 Å². The van der Waals surface area contributed by atoms with Gasteiger partial charge in [0, 0.05) is 22.7 Å². The number of ether oxygens (including phenoxy) is 2. The van der Waals surface area contributed by atoms with Gasteiger partial charge in [-0.15, -0.1) is 0 Å². The SMILES string of the molecule is COc1cc(C)c(NC(=O)c2cc3ccc(C)cc3[nH]2)cc1OC. The van der Waals surface area contributed by atoms with Crippen molar-refractivity contribution in [2.24, 2.45) is 0 Å². The monoisotopic (exact) mass is 324 g/mol. The number of anilines is 1. The minimum atomic E-state index is -0.195. The number of methoxy groups -OCH3 is 2. The lowest BCUT2D eigenvalue weighted by Gasteiger charge is -2.13. The zero-order valence-electron chi connectivity index (χ0n) is 14.2. The second-order valence-electron chi connectivity index (χ2n) is 5.75. The third kappa shape index (κ3) is 2.93. The molecule has 124 valence electrons. The van der Waals surface area contributed by atoms with Crippen molar-refractivity contribution in [3.63, 3.8) is 0 Å². The Bertz CT molecular complexity index is 912. The highest BCUT2D eigenvalue weighted by atomic mass is 16.5. The molecule has 24 heavy (non-hydrogen) atoms. The Morgan fingerprint density at radius 1 is 1.00 bits per heavy atom. The lowest BCUT2D eigenvalue weighted by atomic mass is 10.1. The molecule has 1 heterocycles. The molecule has 0 atom stereocenters. The summed E-state index contributed by atoms with van der Waals surface area (Å²) in [6, 6.07) is 11.5. The van der Waals surface area contributed by atoms with Gasteiger partial charge in [-0.25, -0.2) is 0 Å². The average Bonchev–Trinajstić information content (AvgIpc) is 2.99. The van der Waals surface area contributed by atoms with Gasteiger partial charge in [0.1, 0.15) is 5.69 Å². The molecule has 0 fully saturated rings. The highest BCUT2D eigenvalue weighted by molar-refractivity contribution is 6.06. The maximum absolute atomic E-state index is 12.6. The molecule has 0 radical (unpaired) electrons. The fourth-order valence-corrected chi connectivity index (χ4v) is 2.67. The van der Waals surface area contributed by atoms with Gasteiger partial charge in [0.2, 0.25) is 0 Å². The molecule has 5 nitrogen and oxygen atoms in total. The lowest BCUT2D eigenvalue weighted by Crippen LogP contribution is -2.13. The Balaban J connectivity index is 1.90. The van der Waals surface area contributed by atoms with Crippen LogP contribution in [-0.4, -0.2) is 25.1 Å². The van der Waals surface area contributed by atoms with Gasteiger partial charge in [-0.1, -0.05) is 12.1 Å². The van der Waals surface area contributed by atoms with Crippen molar-refractivity contribution in [1.29, 1.82) is 0 Å². The molecule has 0 bridgehead atoms. The maximum Gasteiger partial charge on any atom is 0.272 e. The van der Waals surface area contributed by atoms with Crippen molar-refractivity contribution < 1.29 is 14.3 Å². The van der Waals surface area contributed by atoms with Crippen LogP contribution in [0.4, 0.5) is 5.69 Å². The molecule has 5 heteroatoms. The third-order valence-corrected chi connectivity index (χ3v) is 4.00. The first kappa shape index (κ1) is 15.9. The predicted octanol–water partition coefficient (Wildman–Crippen LogP) is 4.05. The predicted molar refractivity (Wildman–Crippen MR) is 95.3 cm³/mol. The summed E-state index contributed by atoms with van der Waals surface area (Å²) < 4.78 is 10.6. The fourth-order valence-electron chi connectivity index (χ4n) is 2.67. The van der Waals surface area contributed by atoms with E-state index in [0.29, 0.717) is 22.9 Å². The number of aromatic amines is 1. The van der Waals surface area contributed by atoms with Crippen LogP contribution in [0.3, 0.4) is 0 Å². The van der Waals surface area contributed by atoms with Gasteiger partial charge in [0.25, 0.3) is 5.91 Å². The van der Waals surface area contributed by atoms with E-state index in [1.165, 1.54) is 0 Å². The van der Waals surface area contributed by atoms with Gasteiger partial charge >= 0.3 is 0 Å². The highest BCUT2D eigenvalue weighted by Gasteiger charge is 2.14. The molecule has 2 N–H and O–H groups in total. The first-order valence-corrected chi connectivity index (χ1v) is 7.65. The fraction of sp³-hybridized carbons (Fsp3) is 0.211. The van der Waals surface area contributed by atoms with E-state index >= 15 is 0 Å². The minimum Gasteiger partial charge on any atom is -0.493 e. The van der Waals surface area contributed by atoms with E-state index in [4.69, 9.17) is 9.47 Å². The van der Waals surface area contributed by atoms with E-state index in [2.05, 4.69) is 10.3 Å². The molecule has 0 saturated heterocycles. The van der Waals surface area contributed by atoms with Gasteiger partial charge in [-0.3, -0.25) is 4.79 Å². The molecule has 2 aromatic carbocycles. The van der Waals surface area contributed by atoms with Crippen LogP contribution >= 0.6 is 0 Å². The number of benzene rings is 2. The van der Waals surface area contributed by atoms with E-state index in [1.807, 2.05) is 44.2 Å². The number of H-pyrrole nitrogens is 1. The first-order chi connectivity index (χ1) is 11.5. The molecule has 3 rings (SSSR count). The van der Waals surface area contributed by atoms with Crippen molar-refractivity contribution >= 4 is 22.5 Å². The van der Waals surface area contributed by atoms with E-state index in [1.54, 1.807) is 20.3 Å². The zero-order chi connectivity index (χ0) is 17.3. The largest absolute Gasteiger partial charge is 0.493 e. The Kier molecular flexibility index (Phi) is 4.16. The van der Waals surface area contributed by atoms with Crippen LogP contribution in [0, 0.1) is 13.8 Å². The number of aromatic nitrogens is 1. The summed E-state index contributed by atoms with van der Waals surface area (Å²) in [7, 11) is 3.15. The lowest BCUT2D eigenvalue weighted by molar-refractivity contribution is 0.102. The van der Waals surface area contributed by atoms with E-state index in [0.717, 1.165) is 22.0 Å². The van der Waals surface area contributed by atoms with E-state index in [9.17, 15) is 4.79 Å². The molecule has 1 aromatic heterocycles. The summed E-state index contributed by atoms with van der Waals surface area (Å²) >= 11 is 0. The topological polar surface area (TPSA) is 63.3 Å². The number of nitrogens with one attached hydrogen (secondary N) is 2. The van der Waals surface area contributed by atoms with Crippen molar-refractivity contribution in [2.75, 3.05) is 19.5 Å². The number of hydrogen-bond acceptors (Lipinski definition) is 3. The second-order valence-corrected chi connectivity index (χ2v) is 5.75. The average molecular weight is 324 g/mol. The normalized spacial score (nSPS) is 10.7. The van der Waals surface area contributed by atoms with Crippen LogP contribution in [0.1, 0.15) is 21.6 Å². The molecular formula is C19H20N2O3. The number of rotatable bonds is 4. The highest BCUT2D eigenvalue weighted by Crippen LogP contribution is 2.33. The maximum atomic E-state index is 12.6. The number of carbonyl (C=O) groups excluding carboxylic acids is 1. The van der Waals surface area contributed by atoms with Crippen molar-refractivity contribution in [2.45, 2.75) is 13.8 Å². The Morgan fingerprint density at radius 3 is 2.42 bits per heavy atom. The molecule has 3 aromatic rings. The molecule has 0 saturated carbocycles. The summed E-state index contributed by atoms with van der Waals surface area (Å²) in [5, 5.41) is 3.93. The number of aryl methyl sites for hydroxylation is 2. The molecule has 0 aliphatic rings. The Morgan fingerprint density at radius 2 is 1.71 bits per heavy atom. The summed E-state index contributed by atoms with van der Waals surface area (Å²) in [6.45, 7) is 3.93. The van der Waals surface area contributed by atoms with Gasteiger partial charge in [-0.2, -0.15) is 0 Å². The quantitative estimate of drug-likeness (QED) is 0.761. The zero-order valence-corrected chi connectivity index (χ0v) is 14.2. The van der Waals surface area contributed by atoms with Gasteiger partial charge < -0.3 is 19.8 Å². The molecule has 0 aliphatic carbocycles. The molecule has 0 spiro atoms. The van der Waals surface area contributed by atoms with Gasteiger partial charge in [0.05, 0.1) is 14.2 Å². The molecule has 0 aliphatic heterocycles. The number of fused-ring (bicyclic) bond motifs is 1. The first-order valence-electron chi connectivity index (χ1n) is 7.65. The van der Waals surface area contributed by atoms with Crippen LogP contribution in [0.5, 0.6) is 11.5 Å². The molecule has 0 unspecified atom stereocenters. The van der Waals surface area contributed by atoms with Gasteiger partial charge in [-0.05, 0) is 43.2 Å². The van der Waals surface area contributed by atoms with Crippen molar-refractivity contribution in [1.82, 2.24) is 4.98 Å². The minimum absolute atomic E-state index is 0.195. The van der Waals surface area contributed by atoms with Crippen LogP contribution < -0.4 is 14.8 Å². The second kappa shape index (κ2) is 6.28. The summed E-state index contributed by atoms with van der Waals surface area (Å²) in [4.78, 5) is 15.7. The third-order valence-electron chi connectivity index (χ3n) is 4.00. The number of amides is 1. The standard InChI is InChI=1S/C19H20N2O3/c1-11-5-6-13-9-16(20-15(13)7-11)19(22)21-14-10-18(24-4)17(23-3)8-12(14)2/h5-10,20H,1-4H3,(H,21,22). The van der Waals surface area contributed by atoms with Crippen molar-refractivity contribution in [3.8, 4) is 11.5 Å². The van der Waals surface area contributed by atoms with Gasteiger partial charge in [0.15, 0.2) is 11.5 Å². The summed E-state index contributed by atoms with van der Waals surface area (Å²) in [5.74, 6) is 1.01. The van der Waals surface area contributed by atoms with Crippen LogP contribution in [-0.2, 0) is 0 Å². The van der Waals surface area contributed by atoms with Crippen LogP contribution in [0.15, 0.2) is 36.4 Å². The van der Waals surface area contributed by atoms with E-state index in [-0.39, 0.29) is 5.91 Å². The molecular weight excluding hydrogens is 304 g/mol. The summed E-state index contributed by atoms with van der Waals surface area (Å²) in [6.07, 6.45) is 0. The Labute approximate surface area is 140 Å². The Hall–Kier alpha value is -2.95. The molecule has 1 amide bonds.